The van der Waals surface area contributed by atoms with Crippen LogP contribution in [0.2, 0.25) is 0 Å². The van der Waals surface area contributed by atoms with Crippen molar-refractivity contribution in [2.24, 2.45) is 11.8 Å². The van der Waals surface area contributed by atoms with Crippen LogP contribution >= 0.6 is 0 Å². The number of nitrogens with zero attached hydrogens (tertiary/aromatic N) is 1. The minimum Gasteiger partial charge on any atom is -0.465 e. The molecule has 0 spiro atoms. The molecule has 20 heavy (non-hydrogen) atoms. The van der Waals surface area contributed by atoms with Gasteiger partial charge >= 0.3 is 5.97 Å². The van der Waals surface area contributed by atoms with Crippen molar-refractivity contribution in [1.29, 1.82) is 0 Å². The number of nitrogens with two attached hydrogens (primary N) is 1. The van der Waals surface area contributed by atoms with E-state index in [4.69, 9.17) is 10.5 Å². The molecule has 0 saturated heterocycles. The Morgan fingerprint density at radius 1 is 1.20 bits per heavy atom. The van der Waals surface area contributed by atoms with E-state index in [1.165, 1.54) is 7.11 Å². The fourth-order valence-corrected chi connectivity index (χ4v) is 2.22. The molecule has 0 aliphatic carbocycles. The second-order valence-corrected chi connectivity index (χ2v) is 5.96. The van der Waals surface area contributed by atoms with Gasteiger partial charge in [-0.2, -0.15) is 0 Å². The number of rotatable bonds is 6. The summed E-state index contributed by atoms with van der Waals surface area (Å²) in [4.78, 5) is 13.9. The van der Waals surface area contributed by atoms with Gasteiger partial charge in [0.15, 0.2) is 0 Å². The summed E-state index contributed by atoms with van der Waals surface area (Å²) < 4.78 is 4.77. The lowest BCUT2D eigenvalue weighted by Gasteiger charge is -2.29. The van der Waals surface area contributed by atoms with Crippen LogP contribution in [-0.2, 0) is 4.74 Å². The summed E-state index contributed by atoms with van der Waals surface area (Å²) in [6, 6.07) is 5.30. The van der Waals surface area contributed by atoms with Crippen LogP contribution in [0.15, 0.2) is 18.2 Å². The standard InChI is InChI=1S/C16H26N2O2/c1-11(2)9-18(10-12(3)4)15-8-13(16(19)20-5)6-7-14(15)17/h6-8,11-12H,9-10,17H2,1-5H3. The third kappa shape index (κ3) is 4.44. The average molecular weight is 278 g/mol. The molecule has 112 valence electrons. The lowest BCUT2D eigenvalue weighted by molar-refractivity contribution is 0.0601. The van der Waals surface area contributed by atoms with Crippen molar-refractivity contribution in [3.63, 3.8) is 0 Å². The van der Waals surface area contributed by atoms with Crippen molar-refractivity contribution in [2.75, 3.05) is 30.8 Å². The average Bonchev–Trinajstić information content (AvgIpc) is 2.36. The van der Waals surface area contributed by atoms with Crippen molar-refractivity contribution in [2.45, 2.75) is 27.7 Å². The maximum atomic E-state index is 11.7. The Morgan fingerprint density at radius 3 is 2.20 bits per heavy atom. The summed E-state index contributed by atoms with van der Waals surface area (Å²) in [6.07, 6.45) is 0. The number of hydrogen-bond donors (Lipinski definition) is 1. The topological polar surface area (TPSA) is 55.6 Å². The summed E-state index contributed by atoms with van der Waals surface area (Å²) >= 11 is 0. The predicted octanol–water partition coefficient (Wildman–Crippen LogP) is 3.17. The summed E-state index contributed by atoms with van der Waals surface area (Å²) in [5.41, 5.74) is 8.23. The van der Waals surface area contributed by atoms with E-state index in [0.29, 0.717) is 23.1 Å². The molecule has 0 atom stereocenters. The van der Waals surface area contributed by atoms with Crippen LogP contribution in [0.3, 0.4) is 0 Å². The summed E-state index contributed by atoms with van der Waals surface area (Å²) in [6.45, 7) is 10.5. The first kappa shape index (κ1) is 16.3. The van der Waals surface area contributed by atoms with Crippen LogP contribution in [-0.4, -0.2) is 26.2 Å². The first-order valence-electron chi connectivity index (χ1n) is 7.08. The van der Waals surface area contributed by atoms with Crippen LogP contribution in [0.5, 0.6) is 0 Å². The molecule has 2 N–H and O–H groups in total. The maximum absolute atomic E-state index is 11.7. The fraction of sp³-hybridized carbons (Fsp3) is 0.562. The van der Waals surface area contributed by atoms with Gasteiger partial charge in [0.2, 0.25) is 0 Å². The number of ether oxygens (including phenoxy) is 1. The van der Waals surface area contributed by atoms with Crippen LogP contribution < -0.4 is 10.6 Å². The first-order valence-corrected chi connectivity index (χ1v) is 7.08. The number of carbonyl (C=O) groups is 1. The van der Waals surface area contributed by atoms with Crippen molar-refractivity contribution in [3.8, 4) is 0 Å². The lowest BCUT2D eigenvalue weighted by atomic mass is 10.1. The number of hydrogen-bond acceptors (Lipinski definition) is 4. The molecule has 0 heterocycles. The van der Waals surface area contributed by atoms with Crippen molar-refractivity contribution >= 4 is 17.3 Å². The largest absolute Gasteiger partial charge is 0.465 e. The number of anilines is 2. The number of carbonyl (C=O) groups excluding carboxylic acids is 1. The minimum absolute atomic E-state index is 0.333. The Hall–Kier alpha value is -1.71. The monoisotopic (exact) mass is 278 g/mol. The SMILES string of the molecule is COC(=O)c1ccc(N)c(N(CC(C)C)CC(C)C)c1. The molecular formula is C16H26N2O2. The van der Waals surface area contributed by atoms with Crippen molar-refractivity contribution in [1.82, 2.24) is 0 Å². The fourth-order valence-electron chi connectivity index (χ4n) is 2.22. The Labute approximate surface area is 121 Å². The molecule has 0 bridgehead atoms. The van der Waals surface area contributed by atoms with Crippen molar-refractivity contribution in [3.05, 3.63) is 23.8 Å². The zero-order chi connectivity index (χ0) is 15.3. The molecular weight excluding hydrogens is 252 g/mol. The highest BCUT2D eigenvalue weighted by Gasteiger charge is 2.16. The Bertz CT molecular complexity index is 446. The summed E-state index contributed by atoms with van der Waals surface area (Å²) in [7, 11) is 1.39. The highest BCUT2D eigenvalue weighted by Crippen LogP contribution is 2.26. The number of nitrogen functional groups attached to an aromatic ring is 1. The van der Waals surface area contributed by atoms with Crippen molar-refractivity contribution < 1.29 is 9.53 Å². The molecule has 4 nitrogen and oxygen atoms in total. The molecule has 0 aromatic heterocycles. The minimum atomic E-state index is -0.333. The van der Waals surface area contributed by atoms with Crippen LogP contribution in [0.1, 0.15) is 38.1 Å². The molecule has 0 amide bonds. The molecule has 1 aromatic carbocycles. The van der Waals surface area contributed by atoms with Gasteiger partial charge in [-0.3, -0.25) is 0 Å². The lowest BCUT2D eigenvalue weighted by Crippen LogP contribution is -2.32. The number of esters is 1. The first-order chi connectivity index (χ1) is 9.35. The molecule has 0 saturated carbocycles. The quantitative estimate of drug-likeness (QED) is 0.641. The normalized spacial score (nSPS) is 10.9. The molecule has 4 heteroatoms. The Balaban J connectivity index is 3.13. The Kier molecular flexibility index (Phi) is 5.86. The van der Waals surface area contributed by atoms with Gasteiger partial charge in [0.1, 0.15) is 0 Å². The van der Waals surface area contributed by atoms with Gasteiger partial charge in [-0.25, -0.2) is 4.79 Å². The molecule has 0 radical (unpaired) electrons. The van der Waals surface area contributed by atoms with Gasteiger partial charge in [0, 0.05) is 13.1 Å². The number of benzene rings is 1. The van der Waals surface area contributed by atoms with E-state index >= 15 is 0 Å². The third-order valence-corrected chi connectivity index (χ3v) is 2.96. The van der Waals surface area contributed by atoms with Gasteiger partial charge in [0.05, 0.1) is 24.0 Å². The molecule has 0 aliphatic heterocycles. The van der Waals surface area contributed by atoms with Crippen LogP contribution in [0.25, 0.3) is 0 Å². The van der Waals surface area contributed by atoms with E-state index in [1.54, 1.807) is 12.1 Å². The van der Waals surface area contributed by atoms with Crippen LogP contribution in [0, 0.1) is 11.8 Å². The highest BCUT2D eigenvalue weighted by atomic mass is 16.5. The van der Waals surface area contributed by atoms with E-state index in [1.807, 2.05) is 6.07 Å². The van der Waals surface area contributed by atoms with E-state index in [2.05, 4.69) is 32.6 Å². The molecule has 1 aromatic rings. The predicted molar refractivity (Wildman–Crippen MR) is 84.1 cm³/mol. The van der Waals surface area contributed by atoms with Gasteiger partial charge < -0.3 is 15.4 Å². The molecule has 0 aliphatic rings. The number of methoxy groups -OCH3 is 1. The maximum Gasteiger partial charge on any atom is 0.337 e. The molecule has 0 unspecified atom stereocenters. The summed E-state index contributed by atoms with van der Waals surface area (Å²) in [5, 5.41) is 0. The third-order valence-electron chi connectivity index (χ3n) is 2.96. The van der Waals surface area contributed by atoms with E-state index in [-0.39, 0.29) is 5.97 Å². The Morgan fingerprint density at radius 2 is 1.75 bits per heavy atom. The molecule has 0 fully saturated rings. The van der Waals surface area contributed by atoms with E-state index < -0.39 is 0 Å². The molecule has 1 rings (SSSR count). The second kappa shape index (κ2) is 7.17. The summed E-state index contributed by atoms with van der Waals surface area (Å²) in [5.74, 6) is 0.713. The van der Waals surface area contributed by atoms with Gasteiger partial charge in [-0.15, -0.1) is 0 Å². The van der Waals surface area contributed by atoms with E-state index in [0.717, 1.165) is 18.8 Å². The van der Waals surface area contributed by atoms with Gasteiger partial charge in [-0.1, -0.05) is 27.7 Å². The van der Waals surface area contributed by atoms with Gasteiger partial charge in [0.25, 0.3) is 0 Å². The highest BCUT2D eigenvalue weighted by molar-refractivity contribution is 5.92. The van der Waals surface area contributed by atoms with E-state index in [9.17, 15) is 4.79 Å². The smallest absolute Gasteiger partial charge is 0.337 e. The van der Waals surface area contributed by atoms with Crippen LogP contribution in [0.4, 0.5) is 11.4 Å². The van der Waals surface area contributed by atoms with Gasteiger partial charge in [-0.05, 0) is 30.0 Å². The zero-order valence-corrected chi connectivity index (χ0v) is 13.1. The second-order valence-electron chi connectivity index (χ2n) is 5.96. The zero-order valence-electron chi connectivity index (χ0n) is 13.1.